The molecular weight excluding hydrogens is 664 g/mol. The summed E-state index contributed by atoms with van der Waals surface area (Å²) in [4.78, 5) is 22.2. The molecule has 0 radical (unpaired) electrons. The van der Waals surface area contributed by atoms with E-state index in [2.05, 4.69) is 67.2 Å². The van der Waals surface area contributed by atoms with Gasteiger partial charge in [-0.2, -0.15) is 0 Å². The van der Waals surface area contributed by atoms with Crippen LogP contribution in [0.2, 0.25) is 0 Å². The number of benzene rings is 5. The van der Waals surface area contributed by atoms with Crippen LogP contribution < -0.4 is 14.2 Å². The Morgan fingerprint density at radius 2 is 1.02 bits per heavy atom. The van der Waals surface area contributed by atoms with Gasteiger partial charge in [0.15, 0.2) is 0 Å². The van der Waals surface area contributed by atoms with Gasteiger partial charge in [0.1, 0.15) is 23.9 Å². The van der Waals surface area contributed by atoms with Crippen LogP contribution in [0, 0.1) is 30.6 Å². The lowest BCUT2D eigenvalue weighted by Crippen LogP contribution is -2.06. The number of hydrogen-bond acceptors (Lipinski definition) is 7. The fourth-order valence-corrected chi connectivity index (χ4v) is 5.03. The molecule has 5 rings (SSSR count). The normalized spacial score (nSPS) is 10.1. The van der Waals surface area contributed by atoms with E-state index in [9.17, 15) is 9.59 Å². The minimum Gasteiger partial charge on any atom is -0.493 e. The molecule has 0 aliphatic carbocycles. The molecule has 0 aliphatic heterocycles. The molecule has 0 amide bonds. The summed E-state index contributed by atoms with van der Waals surface area (Å²) in [5.41, 5.74) is 5.67. The Bertz CT molecular complexity index is 2180. The maximum atomic E-state index is 11.1. The zero-order valence-electron chi connectivity index (χ0n) is 29.7. The van der Waals surface area contributed by atoms with Crippen molar-refractivity contribution < 1.29 is 33.3 Å². The van der Waals surface area contributed by atoms with Gasteiger partial charge in [-0.3, -0.25) is 0 Å². The van der Waals surface area contributed by atoms with Gasteiger partial charge in [0.05, 0.1) is 26.4 Å². The summed E-state index contributed by atoms with van der Waals surface area (Å²) < 4.78 is 27.5. The molecule has 5 aromatic rings. The first-order valence-corrected chi connectivity index (χ1v) is 17.2. The fourth-order valence-electron chi connectivity index (χ4n) is 5.03. The third-order valence-corrected chi connectivity index (χ3v) is 7.82. The molecule has 0 atom stereocenters. The Morgan fingerprint density at radius 3 is 1.57 bits per heavy atom. The van der Waals surface area contributed by atoms with Gasteiger partial charge >= 0.3 is 11.9 Å². The molecule has 0 spiro atoms. The Labute approximate surface area is 310 Å². The highest BCUT2D eigenvalue weighted by atomic mass is 16.5. The smallest absolute Gasteiger partial charge is 0.330 e. The number of esters is 2. The number of fused-ring (bicyclic) bond motifs is 1. The van der Waals surface area contributed by atoms with Crippen LogP contribution in [0.5, 0.6) is 17.2 Å². The van der Waals surface area contributed by atoms with Crippen LogP contribution in [0.4, 0.5) is 0 Å². The largest absolute Gasteiger partial charge is 0.493 e. The van der Waals surface area contributed by atoms with E-state index in [1.165, 1.54) is 0 Å². The first-order valence-electron chi connectivity index (χ1n) is 17.2. The molecule has 0 aromatic heterocycles. The summed E-state index contributed by atoms with van der Waals surface area (Å²) in [6, 6.07) is 33.6. The van der Waals surface area contributed by atoms with Crippen molar-refractivity contribution in [2.45, 2.75) is 26.4 Å². The highest BCUT2D eigenvalue weighted by Crippen LogP contribution is 2.23. The van der Waals surface area contributed by atoms with E-state index in [4.69, 9.17) is 23.7 Å². The lowest BCUT2D eigenvalue weighted by Gasteiger charge is -2.10. The first-order chi connectivity index (χ1) is 25.9. The topological polar surface area (TPSA) is 80.3 Å². The van der Waals surface area contributed by atoms with Gasteiger partial charge in [-0.1, -0.05) is 55.0 Å². The third kappa shape index (κ3) is 12.2. The van der Waals surface area contributed by atoms with Crippen molar-refractivity contribution in [2.75, 3.05) is 26.4 Å². The highest BCUT2D eigenvalue weighted by Gasteiger charge is 2.04. The number of ether oxygens (including phenoxy) is 5. The number of aryl methyl sites for hydroxylation is 1. The van der Waals surface area contributed by atoms with Crippen molar-refractivity contribution in [3.63, 3.8) is 0 Å². The van der Waals surface area contributed by atoms with E-state index in [-0.39, 0.29) is 6.61 Å². The van der Waals surface area contributed by atoms with E-state index < -0.39 is 11.9 Å². The molecule has 266 valence electrons. The van der Waals surface area contributed by atoms with E-state index in [0.29, 0.717) is 39.3 Å². The van der Waals surface area contributed by atoms with Crippen LogP contribution in [0.1, 0.15) is 46.2 Å². The van der Waals surface area contributed by atoms with Crippen molar-refractivity contribution in [2.24, 2.45) is 0 Å². The molecule has 0 saturated carbocycles. The van der Waals surface area contributed by atoms with Gasteiger partial charge in [-0.15, -0.1) is 0 Å². The van der Waals surface area contributed by atoms with E-state index in [1.54, 1.807) is 0 Å². The Morgan fingerprint density at radius 1 is 0.547 bits per heavy atom. The van der Waals surface area contributed by atoms with Crippen LogP contribution in [-0.4, -0.2) is 38.4 Å². The van der Waals surface area contributed by atoms with E-state index in [1.807, 2.05) is 79.7 Å². The van der Waals surface area contributed by atoms with Gasteiger partial charge in [-0.25, -0.2) is 9.59 Å². The summed E-state index contributed by atoms with van der Waals surface area (Å²) in [5, 5.41) is 2.22. The van der Waals surface area contributed by atoms with Crippen LogP contribution >= 0.6 is 0 Å². The standard InChI is InChI=1S/C46H40O7/c1-4-45(47)51-28-6-26-49-42-21-14-35(15-22-42)8-10-37-18-25-44(34(3)30-37)53-33-39-13-20-40-31-38(12-19-41(40)32-39)11-9-36-16-23-43(24-17-36)50-27-7-29-52-46(48)5-2/h4-5,12-25,30-32H,1-2,6-7,26-29,33H2,3H3. The number of carbonyl (C=O) groups is 2. The minimum absolute atomic E-state index is 0.290. The van der Waals surface area contributed by atoms with Crippen LogP contribution in [0.25, 0.3) is 10.8 Å². The molecule has 5 aromatic carbocycles. The molecule has 0 fully saturated rings. The predicted octanol–water partition coefficient (Wildman–Crippen LogP) is 8.52. The summed E-state index contributed by atoms with van der Waals surface area (Å²) in [7, 11) is 0. The molecule has 0 saturated heterocycles. The number of carbonyl (C=O) groups excluding carboxylic acids is 2. The zero-order valence-corrected chi connectivity index (χ0v) is 29.7. The lowest BCUT2D eigenvalue weighted by atomic mass is 10.0. The SMILES string of the molecule is C=CC(=O)OCCCOc1ccc(C#Cc2ccc(OCc3ccc4cc(C#Cc5ccc(OCCCOC(=O)C=C)cc5)ccc4c3)c(C)c2)cc1. The molecule has 0 unspecified atom stereocenters. The highest BCUT2D eigenvalue weighted by molar-refractivity contribution is 5.84. The van der Waals surface area contributed by atoms with Crippen LogP contribution in [0.15, 0.2) is 128 Å². The first kappa shape index (κ1) is 37.6. The Kier molecular flexibility index (Phi) is 13.9. The van der Waals surface area contributed by atoms with Crippen molar-refractivity contribution in [3.05, 3.63) is 162 Å². The molecular formula is C46H40O7. The van der Waals surface area contributed by atoms with Gasteiger partial charge in [0, 0.05) is 47.2 Å². The van der Waals surface area contributed by atoms with Crippen LogP contribution in [-0.2, 0) is 25.7 Å². The van der Waals surface area contributed by atoms with Crippen molar-refractivity contribution >= 4 is 22.7 Å². The summed E-state index contributed by atoms with van der Waals surface area (Å²) in [6.07, 6.45) is 3.48. The summed E-state index contributed by atoms with van der Waals surface area (Å²) >= 11 is 0. The maximum absolute atomic E-state index is 11.1. The quantitative estimate of drug-likeness (QED) is 0.0468. The Hall–Kier alpha value is -6.70. The van der Waals surface area contributed by atoms with Gasteiger partial charge in [0.25, 0.3) is 0 Å². The maximum Gasteiger partial charge on any atom is 0.330 e. The fraction of sp³-hybridized carbons (Fsp3) is 0.174. The molecule has 0 N–H and O–H groups in total. The summed E-state index contributed by atoms with van der Waals surface area (Å²) in [6.45, 7) is 10.7. The molecule has 0 heterocycles. The molecule has 0 bridgehead atoms. The average Bonchev–Trinajstić information content (AvgIpc) is 3.19. The molecule has 7 heteroatoms. The Balaban J connectivity index is 1.08. The summed E-state index contributed by atoms with van der Waals surface area (Å²) in [5.74, 6) is 14.3. The second-order valence-electron chi connectivity index (χ2n) is 11.9. The van der Waals surface area contributed by atoms with Crippen molar-refractivity contribution in [1.29, 1.82) is 0 Å². The minimum atomic E-state index is -0.432. The molecule has 53 heavy (non-hydrogen) atoms. The van der Waals surface area contributed by atoms with E-state index >= 15 is 0 Å². The second-order valence-corrected chi connectivity index (χ2v) is 11.9. The lowest BCUT2D eigenvalue weighted by molar-refractivity contribution is -0.138. The van der Waals surface area contributed by atoms with Crippen molar-refractivity contribution in [3.8, 4) is 40.9 Å². The van der Waals surface area contributed by atoms with Gasteiger partial charge in [-0.05, 0) is 114 Å². The molecule has 7 nitrogen and oxygen atoms in total. The monoisotopic (exact) mass is 704 g/mol. The average molecular weight is 705 g/mol. The van der Waals surface area contributed by atoms with Gasteiger partial charge < -0.3 is 23.7 Å². The predicted molar refractivity (Wildman–Crippen MR) is 207 cm³/mol. The van der Waals surface area contributed by atoms with Gasteiger partial charge in [0.2, 0.25) is 0 Å². The number of rotatable bonds is 15. The number of hydrogen-bond donors (Lipinski definition) is 0. The molecule has 0 aliphatic rings. The second kappa shape index (κ2) is 19.6. The van der Waals surface area contributed by atoms with Crippen molar-refractivity contribution in [1.82, 2.24) is 0 Å². The zero-order chi connectivity index (χ0) is 37.3. The van der Waals surface area contributed by atoms with Crippen LogP contribution in [0.3, 0.4) is 0 Å². The van der Waals surface area contributed by atoms with E-state index in [0.717, 1.165) is 73.6 Å². The third-order valence-electron chi connectivity index (χ3n) is 7.82.